The molecule has 4 heterocycles. The molecule has 0 bridgehead atoms. The molecule has 2 saturated heterocycles. The van der Waals surface area contributed by atoms with Gasteiger partial charge >= 0.3 is 6.18 Å². The highest BCUT2D eigenvalue weighted by atomic mass is 19.4. The first kappa shape index (κ1) is 27.2. The van der Waals surface area contributed by atoms with Crippen LogP contribution >= 0.6 is 0 Å². The van der Waals surface area contributed by atoms with Crippen molar-refractivity contribution in [3.63, 3.8) is 0 Å². The van der Waals surface area contributed by atoms with Crippen LogP contribution in [0.3, 0.4) is 0 Å². The van der Waals surface area contributed by atoms with E-state index in [0.29, 0.717) is 24.6 Å². The normalized spacial score (nSPS) is 19.8. The summed E-state index contributed by atoms with van der Waals surface area (Å²) < 4.78 is 46.6. The molecule has 2 aliphatic rings. The summed E-state index contributed by atoms with van der Waals surface area (Å²) in [5.74, 6) is -0.335. The largest absolute Gasteiger partial charge is 0.437 e. The van der Waals surface area contributed by atoms with Crippen molar-refractivity contribution in [3.8, 4) is 0 Å². The minimum Gasteiger partial charge on any atom is -0.420 e. The summed E-state index contributed by atoms with van der Waals surface area (Å²) in [6, 6.07) is 13.0. The summed E-state index contributed by atoms with van der Waals surface area (Å²) >= 11 is 0. The Morgan fingerprint density at radius 2 is 1.82 bits per heavy atom. The average Bonchev–Trinajstić information content (AvgIpc) is 3.41. The molecule has 10 heteroatoms. The van der Waals surface area contributed by atoms with E-state index in [1.165, 1.54) is 6.20 Å². The predicted molar refractivity (Wildman–Crippen MR) is 141 cm³/mol. The third-order valence-electron chi connectivity index (χ3n) is 7.69. The number of halogens is 3. The lowest BCUT2D eigenvalue weighted by molar-refractivity contribution is -0.141. The van der Waals surface area contributed by atoms with E-state index in [-0.39, 0.29) is 18.4 Å². The molecule has 39 heavy (non-hydrogen) atoms. The topological polar surface area (TPSA) is 82.7 Å². The van der Waals surface area contributed by atoms with Gasteiger partial charge in [-0.2, -0.15) is 18.2 Å². The minimum absolute atomic E-state index is 0.147. The van der Waals surface area contributed by atoms with Gasteiger partial charge in [-0.05, 0) is 54.7 Å². The number of nitrogens with zero attached hydrogens (tertiary/aromatic N) is 4. The van der Waals surface area contributed by atoms with Crippen LogP contribution in [-0.2, 0) is 12.6 Å². The molecule has 3 aromatic rings. The van der Waals surface area contributed by atoms with Gasteiger partial charge in [-0.1, -0.05) is 43.3 Å². The van der Waals surface area contributed by atoms with Gasteiger partial charge in [-0.25, -0.2) is 4.98 Å². The van der Waals surface area contributed by atoms with E-state index in [4.69, 9.17) is 4.42 Å². The lowest BCUT2D eigenvalue weighted by Crippen LogP contribution is -2.36. The van der Waals surface area contributed by atoms with Crippen LogP contribution in [0, 0.1) is 11.8 Å². The molecular formula is C29H33F3N4O3. The quantitative estimate of drug-likeness (QED) is 0.384. The predicted octanol–water partition coefficient (Wildman–Crippen LogP) is 5.70. The third kappa shape index (κ3) is 6.27. The second-order valence-electron chi connectivity index (χ2n) is 10.7. The van der Waals surface area contributed by atoms with Crippen molar-refractivity contribution < 1.29 is 27.5 Å². The number of anilines is 2. The van der Waals surface area contributed by atoms with Crippen molar-refractivity contribution in [2.75, 3.05) is 36.0 Å². The Kier molecular flexibility index (Phi) is 7.93. The number of carbonyl (C=O) groups excluding carboxylic acids is 1. The first-order valence-corrected chi connectivity index (χ1v) is 13.5. The molecule has 2 aliphatic heterocycles. The average molecular weight is 543 g/mol. The third-order valence-corrected chi connectivity index (χ3v) is 7.69. The summed E-state index contributed by atoms with van der Waals surface area (Å²) in [6.45, 7) is 4.57. The van der Waals surface area contributed by atoms with E-state index >= 15 is 0 Å². The van der Waals surface area contributed by atoms with Gasteiger partial charge in [-0.15, -0.1) is 0 Å². The van der Waals surface area contributed by atoms with Gasteiger partial charge in [0, 0.05) is 38.8 Å². The number of hydrogen-bond donors (Lipinski definition) is 1. The molecule has 0 saturated carbocycles. The Labute approximate surface area is 225 Å². The van der Waals surface area contributed by atoms with Gasteiger partial charge in [-0.3, -0.25) is 4.79 Å². The number of ketones is 1. The number of pyridine rings is 1. The molecule has 5 rings (SSSR count). The summed E-state index contributed by atoms with van der Waals surface area (Å²) in [5, 5.41) is 10.7. The van der Waals surface area contributed by atoms with Crippen LogP contribution in [0.1, 0.15) is 66.1 Å². The van der Waals surface area contributed by atoms with Crippen molar-refractivity contribution in [3.05, 3.63) is 71.2 Å². The van der Waals surface area contributed by atoms with Gasteiger partial charge in [0.15, 0.2) is 5.69 Å². The second-order valence-corrected chi connectivity index (χ2v) is 10.7. The highest BCUT2D eigenvalue weighted by molar-refractivity contribution is 5.96. The molecular weight excluding hydrogens is 509 g/mol. The van der Waals surface area contributed by atoms with Crippen molar-refractivity contribution in [1.82, 2.24) is 9.97 Å². The zero-order valence-corrected chi connectivity index (χ0v) is 21.9. The smallest absolute Gasteiger partial charge is 0.420 e. The fourth-order valence-corrected chi connectivity index (χ4v) is 5.53. The van der Waals surface area contributed by atoms with Crippen LogP contribution in [-0.4, -0.2) is 47.0 Å². The Hall–Kier alpha value is -3.40. The number of Topliss-reactive ketones (excluding diaryl/α,β-unsaturated/α-hetero) is 1. The first-order valence-electron chi connectivity index (χ1n) is 13.5. The molecule has 2 atom stereocenters. The number of rotatable bonds is 7. The van der Waals surface area contributed by atoms with Gasteiger partial charge < -0.3 is 19.3 Å². The van der Waals surface area contributed by atoms with Crippen molar-refractivity contribution in [1.29, 1.82) is 0 Å². The van der Waals surface area contributed by atoms with E-state index < -0.39 is 29.5 Å². The maximum absolute atomic E-state index is 13.7. The maximum atomic E-state index is 13.7. The molecule has 0 aliphatic carbocycles. The van der Waals surface area contributed by atoms with E-state index in [0.717, 1.165) is 50.2 Å². The fraction of sp³-hybridized carbons (Fsp3) is 0.483. The van der Waals surface area contributed by atoms with Crippen LogP contribution in [0.4, 0.5) is 25.0 Å². The van der Waals surface area contributed by atoms with E-state index in [9.17, 15) is 23.1 Å². The number of carbonyl (C=O) groups is 1. The number of aliphatic hydroxyl groups excluding tert-OH is 1. The molecule has 2 aromatic heterocycles. The van der Waals surface area contributed by atoms with Gasteiger partial charge in [0.1, 0.15) is 5.82 Å². The van der Waals surface area contributed by atoms with E-state index in [2.05, 4.69) is 14.9 Å². The summed E-state index contributed by atoms with van der Waals surface area (Å²) in [6.07, 6.45) is -0.614. The molecule has 1 aromatic carbocycles. The standard InChI is InChI=1S/C29H33F3N4O3/c1-19-6-5-13-36(18-19)28-34-27(29(30,31)32)26(39-28)23(37)16-20-9-10-24(33-17-20)35-14-11-22(12-15-35)25(38)21-7-3-2-4-8-21/h2-4,7-10,17,19,22,25,38H,5-6,11-16,18H2,1H3. The molecule has 0 spiro atoms. The zero-order chi connectivity index (χ0) is 27.6. The number of aliphatic hydroxyl groups is 1. The van der Waals surface area contributed by atoms with E-state index in [1.807, 2.05) is 37.3 Å². The van der Waals surface area contributed by atoms with Crippen LogP contribution in [0.5, 0.6) is 0 Å². The molecule has 1 N–H and O–H groups in total. The fourth-order valence-electron chi connectivity index (χ4n) is 5.53. The monoisotopic (exact) mass is 542 g/mol. The van der Waals surface area contributed by atoms with Gasteiger partial charge in [0.25, 0.3) is 6.01 Å². The van der Waals surface area contributed by atoms with E-state index in [1.54, 1.807) is 17.0 Å². The minimum atomic E-state index is -4.80. The number of alkyl halides is 3. The van der Waals surface area contributed by atoms with Gasteiger partial charge in [0.05, 0.1) is 6.10 Å². The first-order chi connectivity index (χ1) is 18.7. The van der Waals surface area contributed by atoms with Crippen molar-refractivity contribution >= 4 is 17.6 Å². The Morgan fingerprint density at radius 1 is 1.08 bits per heavy atom. The Morgan fingerprint density at radius 3 is 2.46 bits per heavy atom. The number of oxazole rings is 1. The number of aromatic nitrogens is 2. The second kappa shape index (κ2) is 11.4. The molecule has 7 nitrogen and oxygen atoms in total. The molecule has 2 fully saturated rings. The molecule has 0 amide bonds. The van der Waals surface area contributed by atoms with Crippen LogP contribution in [0.25, 0.3) is 0 Å². The number of hydrogen-bond acceptors (Lipinski definition) is 7. The van der Waals surface area contributed by atoms with Crippen molar-refractivity contribution in [2.24, 2.45) is 11.8 Å². The molecule has 208 valence electrons. The summed E-state index contributed by atoms with van der Waals surface area (Å²) in [5.41, 5.74) is 0.141. The number of benzene rings is 1. The Balaban J connectivity index is 1.22. The van der Waals surface area contributed by atoms with Crippen LogP contribution in [0.2, 0.25) is 0 Å². The van der Waals surface area contributed by atoms with Crippen LogP contribution < -0.4 is 9.80 Å². The molecule has 0 radical (unpaired) electrons. The number of piperidine rings is 2. The highest BCUT2D eigenvalue weighted by Crippen LogP contribution is 2.36. The van der Waals surface area contributed by atoms with Crippen molar-refractivity contribution in [2.45, 2.75) is 51.3 Å². The highest BCUT2D eigenvalue weighted by Gasteiger charge is 2.42. The lowest BCUT2D eigenvalue weighted by atomic mass is 9.87. The van der Waals surface area contributed by atoms with Gasteiger partial charge in [0.2, 0.25) is 11.5 Å². The van der Waals surface area contributed by atoms with Crippen LogP contribution in [0.15, 0.2) is 53.1 Å². The maximum Gasteiger partial charge on any atom is 0.437 e. The zero-order valence-electron chi connectivity index (χ0n) is 21.9. The lowest BCUT2D eigenvalue weighted by Gasteiger charge is -2.35. The molecule has 2 unspecified atom stereocenters. The summed E-state index contributed by atoms with van der Waals surface area (Å²) in [7, 11) is 0. The summed E-state index contributed by atoms with van der Waals surface area (Å²) in [4.78, 5) is 24.9. The Bertz CT molecular complexity index is 1260. The SMILES string of the molecule is CC1CCCN(c2nc(C(F)(F)F)c(C(=O)Cc3ccc(N4CCC(C(O)c5ccccc5)CC4)nc3)o2)C1.